The van der Waals surface area contributed by atoms with Crippen LogP contribution in [0.25, 0.3) is 16.6 Å². The molecule has 0 bridgehead atoms. The molecule has 1 heterocycles. The van der Waals surface area contributed by atoms with Gasteiger partial charge in [0.15, 0.2) is 0 Å². The maximum atomic E-state index is 5.76. The van der Waals surface area contributed by atoms with Crippen molar-refractivity contribution >= 4 is 34.2 Å². The molecule has 2 aromatic carbocycles. The van der Waals surface area contributed by atoms with Gasteiger partial charge in [0.2, 0.25) is 0 Å². The van der Waals surface area contributed by atoms with Crippen LogP contribution < -0.4 is 25.4 Å². The summed E-state index contributed by atoms with van der Waals surface area (Å²) >= 11 is 0. The highest BCUT2D eigenvalue weighted by Gasteiger charge is 2.14. The number of nitrogens with zero attached hydrogens (tertiary/aromatic N) is 4. The molecule has 0 aliphatic heterocycles. The van der Waals surface area contributed by atoms with Gasteiger partial charge < -0.3 is 25.4 Å². The molecule has 0 radical (unpaired) electrons. The average Bonchev–Trinajstić information content (AvgIpc) is 2.84. The summed E-state index contributed by atoms with van der Waals surface area (Å²) in [6.45, 7) is 5.81. The molecule has 8 heteroatoms. The number of nitrogens with two attached hydrogens (primary N) is 1. The van der Waals surface area contributed by atoms with E-state index in [0.717, 1.165) is 47.0 Å². The van der Waals surface area contributed by atoms with Gasteiger partial charge in [0.1, 0.15) is 11.5 Å². The Morgan fingerprint density at radius 2 is 1.82 bits per heavy atom. The Kier molecular flexibility index (Phi) is 8.21. The van der Waals surface area contributed by atoms with Crippen LogP contribution in [-0.2, 0) is 0 Å². The molecule has 0 aliphatic carbocycles. The second-order valence-corrected chi connectivity index (χ2v) is 7.77. The Bertz CT molecular complexity index is 1120. The molecule has 0 spiro atoms. The van der Waals surface area contributed by atoms with Crippen molar-refractivity contribution in [2.45, 2.75) is 19.9 Å². The number of allylic oxidation sites excluding steroid dienone is 1. The minimum Gasteiger partial charge on any atom is -0.497 e. The van der Waals surface area contributed by atoms with Crippen molar-refractivity contribution in [1.29, 1.82) is 0 Å². The minimum atomic E-state index is 0.387. The van der Waals surface area contributed by atoms with E-state index in [2.05, 4.69) is 34.0 Å². The first-order chi connectivity index (χ1) is 16.0. The largest absolute Gasteiger partial charge is 0.497 e. The monoisotopic (exact) mass is 448 g/mol. The lowest BCUT2D eigenvalue weighted by molar-refractivity contribution is 0.394. The Hall–Kier alpha value is -3.65. The topological polar surface area (TPSA) is 97.9 Å². The van der Waals surface area contributed by atoms with Crippen LogP contribution in [0.3, 0.4) is 0 Å². The summed E-state index contributed by atoms with van der Waals surface area (Å²) in [5, 5.41) is 3.49. The maximum absolute atomic E-state index is 5.76. The fraction of sp³-hybridized carbons (Fsp3) is 0.320. The van der Waals surface area contributed by atoms with Crippen molar-refractivity contribution in [3.8, 4) is 11.5 Å². The van der Waals surface area contributed by atoms with E-state index in [4.69, 9.17) is 20.2 Å². The van der Waals surface area contributed by atoms with Crippen molar-refractivity contribution in [3.05, 3.63) is 54.5 Å². The Balaban J connectivity index is 2.08. The number of nitrogens with one attached hydrogen (secondary N) is 1. The summed E-state index contributed by atoms with van der Waals surface area (Å²) in [5.74, 6) is 1.45. The highest BCUT2D eigenvalue weighted by molar-refractivity contribution is 6.09. The summed E-state index contributed by atoms with van der Waals surface area (Å²) < 4.78 is 11.0. The number of fused-ring (bicyclic) bond motifs is 1. The van der Waals surface area contributed by atoms with E-state index in [-0.39, 0.29) is 0 Å². The molecule has 8 nitrogen and oxygen atoms in total. The van der Waals surface area contributed by atoms with E-state index < -0.39 is 0 Å². The van der Waals surface area contributed by atoms with Gasteiger partial charge in [-0.1, -0.05) is 13.8 Å². The van der Waals surface area contributed by atoms with Crippen molar-refractivity contribution in [2.75, 3.05) is 39.3 Å². The van der Waals surface area contributed by atoms with Crippen molar-refractivity contribution < 1.29 is 9.47 Å². The standard InChI is InChI=1S/C25H32N6O2/c1-17(2)28-8-9-31(20-10-21(32-4)13-22(11-20)33-5)19-6-7-23-24(12-19)30-25(16-29-23)18(14-26)15-27-3/h6-7,10-17,28H,8-9,26H2,1-5H3/b18-14+,27-15?. The van der Waals surface area contributed by atoms with Crippen LogP contribution in [0.15, 0.2) is 53.8 Å². The van der Waals surface area contributed by atoms with Crippen LogP contribution in [0.4, 0.5) is 11.4 Å². The molecule has 1 aromatic heterocycles. The Morgan fingerprint density at radius 1 is 1.09 bits per heavy atom. The molecule has 0 unspecified atom stereocenters. The number of hydrogen-bond acceptors (Lipinski definition) is 8. The van der Waals surface area contributed by atoms with Gasteiger partial charge in [0.05, 0.1) is 37.1 Å². The fourth-order valence-corrected chi connectivity index (χ4v) is 3.46. The second-order valence-electron chi connectivity index (χ2n) is 7.77. The SMILES string of the molecule is CN=C/C(=C\N)c1cnc2ccc(N(CCNC(C)C)c3cc(OC)cc(OC)c3)cc2n1. The second kappa shape index (κ2) is 11.3. The van der Waals surface area contributed by atoms with Gasteiger partial charge in [-0.15, -0.1) is 0 Å². The molecule has 174 valence electrons. The third kappa shape index (κ3) is 5.98. The number of hydrogen-bond donors (Lipinski definition) is 2. The zero-order valence-electron chi connectivity index (χ0n) is 19.9. The summed E-state index contributed by atoms with van der Waals surface area (Å²) in [4.78, 5) is 15.6. The van der Waals surface area contributed by atoms with E-state index in [1.165, 1.54) is 6.20 Å². The lowest BCUT2D eigenvalue weighted by atomic mass is 10.1. The number of rotatable bonds is 10. The average molecular weight is 449 g/mol. The van der Waals surface area contributed by atoms with Crippen LogP contribution in [0.1, 0.15) is 19.5 Å². The van der Waals surface area contributed by atoms with Gasteiger partial charge >= 0.3 is 0 Å². The third-order valence-electron chi connectivity index (χ3n) is 5.12. The van der Waals surface area contributed by atoms with E-state index in [0.29, 0.717) is 17.3 Å². The van der Waals surface area contributed by atoms with Gasteiger partial charge in [-0.2, -0.15) is 0 Å². The molecule has 3 rings (SSSR count). The van der Waals surface area contributed by atoms with E-state index in [1.54, 1.807) is 33.7 Å². The molecular weight excluding hydrogens is 416 g/mol. The van der Waals surface area contributed by atoms with Gasteiger partial charge in [-0.25, -0.2) is 4.98 Å². The summed E-state index contributed by atoms with van der Waals surface area (Å²) in [5.41, 5.74) is 10.7. The van der Waals surface area contributed by atoms with Gasteiger partial charge in [0, 0.05) is 73.7 Å². The van der Waals surface area contributed by atoms with E-state index in [1.807, 2.05) is 36.4 Å². The quantitative estimate of drug-likeness (QED) is 0.456. The lowest BCUT2D eigenvalue weighted by Crippen LogP contribution is -2.32. The van der Waals surface area contributed by atoms with E-state index >= 15 is 0 Å². The summed E-state index contributed by atoms with van der Waals surface area (Å²) in [6.07, 6.45) is 4.87. The lowest BCUT2D eigenvalue weighted by Gasteiger charge is -2.27. The van der Waals surface area contributed by atoms with E-state index in [9.17, 15) is 0 Å². The zero-order valence-corrected chi connectivity index (χ0v) is 19.9. The normalized spacial score (nSPS) is 12.0. The Morgan fingerprint density at radius 3 is 2.42 bits per heavy atom. The minimum absolute atomic E-state index is 0.387. The molecule has 0 aliphatic rings. The van der Waals surface area contributed by atoms with Crippen LogP contribution in [-0.4, -0.2) is 56.6 Å². The number of anilines is 2. The van der Waals surface area contributed by atoms with Crippen LogP contribution in [0.5, 0.6) is 11.5 Å². The number of aliphatic imine (C=N–C) groups is 1. The zero-order chi connectivity index (χ0) is 23.8. The predicted molar refractivity (Wildman–Crippen MR) is 136 cm³/mol. The Labute approximate surface area is 195 Å². The molecule has 0 saturated carbocycles. The molecule has 0 atom stereocenters. The number of ether oxygens (including phenoxy) is 2. The molecule has 3 N–H and O–H groups in total. The highest BCUT2D eigenvalue weighted by Crippen LogP contribution is 2.33. The van der Waals surface area contributed by atoms with Crippen molar-refractivity contribution in [2.24, 2.45) is 10.7 Å². The molecule has 0 amide bonds. The fourth-order valence-electron chi connectivity index (χ4n) is 3.46. The number of methoxy groups -OCH3 is 2. The highest BCUT2D eigenvalue weighted by atomic mass is 16.5. The molecule has 3 aromatic rings. The predicted octanol–water partition coefficient (Wildman–Crippen LogP) is 3.78. The van der Waals surface area contributed by atoms with Crippen molar-refractivity contribution in [1.82, 2.24) is 15.3 Å². The maximum Gasteiger partial charge on any atom is 0.124 e. The number of aromatic nitrogens is 2. The third-order valence-corrected chi connectivity index (χ3v) is 5.12. The van der Waals surface area contributed by atoms with Crippen molar-refractivity contribution in [3.63, 3.8) is 0 Å². The van der Waals surface area contributed by atoms with Gasteiger partial charge in [-0.05, 0) is 18.2 Å². The molecule has 0 fully saturated rings. The number of benzene rings is 2. The smallest absolute Gasteiger partial charge is 0.124 e. The summed E-state index contributed by atoms with van der Waals surface area (Å²) in [6, 6.07) is 12.3. The van der Waals surface area contributed by atoms with Crippen LogP contribution in [0.2, 0.25) is 0 Å². The van der Waals surface area contributed by atoms with Gasteiger partial charge in [-0.3, -0.25) is 9.98 Å². The first kappa shape index (κ1) is 24.0. The first-order valence-corrected chi connectivity index (χ1v) is 10.8. The first-order valence-electron chi connectivity index (χ1n) is 10.8. The van der Waals surface area contributed by atoms with Crippen LogP contribution >= 0.6 is 0 Å². The summed E-state index contributed by atoms with van der Waals surface area (Å²) in [7, 11) is 5.00. The molecular formula is C25H32N6O2. The van der Waals surface area contributed by atoms with Crippen LogP contribution in [0, 0.1) is 0 Å². The molecule has 33 heavy (non-hydrogen) atoms. The molecule has 0 saturated heterocycles. The van der Waals surface area contributed by atoms with Gasteiger partial charge in [0.25, 0.3) is 0 Å².